The van der Waals surface area contributed by atoms with Gasteiger partial charge < -0.3 is 10.2 Å². The second kappa shape index (κ2) is 4.35. The highest BCUT2D eigenvalue weighted by Gasteiger charge is 2.17. The van der Waals surface area contributed by atoms with E-state index in [4.69, 9.17) is 0 Å². The maximum Gasteiger partial charge on any atom is 0.227 e. The molecule has 1 N–H and O–H groups in total. The predicted molar refractivity (Wildman–Crippen MR) is 65.5 cm³/mol. The van der Waals surface area contributed by atoms with Gasteiger partial charge in [0.05, 0.1) is 10.2 Å². The van der Waals surface area contributed by atoms with Gasteiger partial charge in [-0.25, -0.2) is 4.98 Å². The first-order valence-electron chi connectivity index (χ1n) is 5.19. The summed E-state index contributed by atoms with van der Waals surface area (Å²) in [6, 6.07) is 0. The Bertz CT molecular complexity index is 361. The Morgan fingerprint density at radius 1 is 1.27 bits per heavy atom. The Morgan fingerprint density at radius 2 is 1.93 bits per heavy atom. The predicted octanol–water partition coefficient (Wildman–Crippen LogP) is 2.19. The highest BCUT2D eigenvalue weighted by Crippen LogP contribution is 2.26. The molecule has 1 saturated heterocycles. The first-order chi connectivity index (χ1) is 7.22. The number of hydrogen-bond donors (Lipinski definition) is 1. The van der Waals surface area contributed by atoms with Crippen molar-refractivity contribution in [1.29, 1.82) is 0 Å². The van der Waals surface area contributed by atoms with E-state index in [0.29, 0.717) is 0 Å². The molecule has 0 spiro atoms. The molecule has 0 aliphatic carbocycles. The van der Waals surface area contributed by atoms with Crippen molar-refractivity contribution in [3.05, 3.63) is 10.2 Å². The summed E-state index contributed by atoms with van der Waals surface area (Å²) in [5.74, 6) is 1.71. The van der Waals surface area contributed by atoms with Gasteiger partial charge in [0.15, 0.2) is 0 Å². The molecule has 0 radical (unpaired) electrons. The van der Waals surface area contributed by atoms with Crippen molar-refractivity contribution in [2.75, 3.05) is 30.4 Å². The molecule has 1 aromatic heterocycles. The summed E-state index contributed by atoms with van der Waals surface area (Å²) in [7, 11) is 1.88. The quantitative estimate of drug-likeness (QED) is 0.895. The zero-order chi connectivity index (χ0) is 10.8. The monoisotopic (exact) mass is 270 g/mol. The Morgan fingerprint density at radius 3 is 2.53 bits per heavy atom. The summed E-state index contributed by atoms with van der Waals surface area (Å²) in [5, 5.41) is 3.08. The fraction of sp³-hybridized carbons (Fsp3) is 0.600. The second-order valence-electron chi connectivity index (χ2n) is 3.72. The zero-order valence-corrected chi connectivity index (χ0v) is 10.6. The van der Waals surface area contributed by atoms with Crippen LogP contribution < -0.4 is 10.2 Å². The molecular formula is C10H15BrN4. The zero-order valence-electron chi connectivity index (χ0n) is 9.05. The molecule has 1 aromatic rings. The Balaban J connectivity index is 2.35. The first kappa shape index (κ1) is 10.7. The van der Waals surface area contributed by atoms with E-state index in [0.717, 1.165) is 35.0 Å². The smallest absolute Gasteiger partial charge is 0.227 e. The minimum absolute atomic E-state index is 0.845. The fourth-order valence-electron chi connectivity index (χ4n) is 1.77. The molecule has 0 atom stereocenters. The van der Waals surface area contributed by atoms with Crippen LogP contribution in [0.5, 0.6) is 0 Å². The van der Waals surface area contributed by atoms with Crippen LogP contribution in [0, 0.1) is 6.92 Å². The van der Waals surface area contributed by atoms with E-state index < -0.39 is 0 Å². The number of rotatable bonds is 2. The lowest BCUT2D eigenvalue weighted by Crippen LogP contribution is -2.21. The largest absolute Gasteiger partial charge is 0.372 e. The van der Waals surface area contributed by atoms with E-state index in [2.05, 4.69) is 36.1 Å². The third-order valence-corrected chi connectivity index (χ3v) is 3.58. The first-order valence-corrected chi connectivity index (χ1v) is 5.98. The van der Waals surface area contributed by atoms with Crippen LogP contribution in [0.3, 0.4) is 0 Å². The van der Waals surface area contributed by atoms with E-state index in [1.807, 2.05) is 14.0 Å². The number of nitrogens with zero attached hydrogens (tertiary/aromatic N) is 3. The minimum Gasteiger partial charge on any atom is -0.372 e. The van der Waals surface area contributed by atoms with Crippen molar-refractivity contribution >= 4 is 27.7 Å². The molecule has 0 saturated carbocycles. The van der Waals surface area contributed by atoms with Crippen molar-refractivity contribution in [2.24, 2.45) is 0 Å². The van der Waals surface area contributed by atoms with Crippen molar-refractivity contribution in [3.8, 4) is 0 Å². The van der Waals surface area contributed by atoms with Crippen LogP contribution in [0.4, 0.5) is 11.8 Å². The van der Waals surface area contributed by atoms with Crippen LogP contribution in [-0.2, 0) is 0 Å². The number of aryl methyl sites for hydroxylation is 1. The van der Waals surface area contributed by atoms with Crippen molar-refractivity contribution < 1.29 is 0 Å². The Hall–Kier alpha value is -0.840. The summed E-state index contributed by atoms with van der Waals surface area (Å²) in [5.41, 5.74) is 0.983. The third kappa shape index (κ3) is 2.07. The van der Waals surface area contributed by atoms with E-state index >= 15 is 0 Å². The van der Waals surface area contributed by atoms with Gasteiger partial charge in [0.1, 0.15) is 5.82 Å². The molecule has 2 rings (SSSR count). The molecule has 0 unspecified atom stereocenters. The maximum absolute atomic E-state index is 4.49. The van der Waals surface area contributed by atoms with Gasteiger partial charge in [0.25, 0.3) is 0 Å². The molecule has 2 heterocycles. The molecule has 1 aliphatic rings. The van der Waals surface area contributed by atoms with Gasteiger partial charge in [-0.3, -0.25) is 0 Å². The van der Waals surface area contributed by atoms with Crippen LogP contribution >= 0.6 is 15.9 Å². The van der Waals surface area contributed by atoms with E-state index in [1.165, 1.54) is 12.8 Å². The standard InChI is InChI=1S/C10H15BrN4/c1-7-8(11)9(12-2)14-10(13-7)15-5-3-4-6-15/h3-6H2,1-2H3,(H,12,13,14). The van der Waals surface area contributed by atoms with E-state index in [9.17, 15) is 0 Å². The molecule has 5 heteroatoms. The van der Waals surface area contributed by atoms with Crippen molar-refractivity contribution in [3.63, 3.8) is 0 Å². The summed E-state index contributed by atoms with van der Waals surface area (Å²) < 4.78 is 0.952. The van der Waals surface area contributed by atoms with E-state index in [1.54, 1.807) is 0 Å². The molecular weight excluding hydrogens is 256 g/mol. The van der Waals surface area contributed by atoms with Crippen molar-refractivity contribution in [1.82, 2.24) is 9.97 Å². The summed E-state index contributed by atoms with van der Waals surface area (Å²) in [4.78, 5) is 11.2. The number of nitrogens with one attached hydrogen (secondary N) is 1. The average molecular weight is 271 g/mol. The molecule has 15 heavy (non-hydrogen) atoms. The normalized spacial score (nSPS) is 15.8. The molecule has 82 valence electrons. The number of anilines is 2. The Kier molecular flexibility index (Phi) is 3.09. The SMILES string of the molecule is CNc1nc(N2CCCC2)nc(C)c1Br. The topological polar surface area (TPSA) is 41.1 Å². The van der Waals surface area contributed by atoms with Gasteiger partial charge in [0, 0.05) is 20.1 Å². The number of hydrogen-bond acceptors (Lipinski definition) is 4. The van der Waals surface area contributed by atoms with E-state index in [-0.39, 0.29) is 0 Å². The lowest BCUT2D eigenvalue weighted by molar-refractivity contribution is 0.887. The summed E-state index contributed by atoms with van der Waals surface area (Å²) >= 11 is 3.48. The summed E-state index contributed by atoms with van der Waals surface area (Å²) in [6.45, 7) is 4.14. The van der Waals surface area contributed by atoms with Gasteiger partial charge in [-0.1, -0.05) is 0 Å². The Labute approximate surface area is 98.2 Å². The molecule has 4 nitrogen and oxygen atoms in total. The lowest BCUT2D eigenvalue weighted by atomic mass is 10.4. The minimum atomic E-state index is 0.845. The van der Waals surface area contributed by atoms with Gasteiger partial charge in [0.2, 0.25) is 5.95 Å². The van der Waals surface area contributed by atoms with Gasteiger partial charge >= 0.3 is 0 Å². The van der Waals surface area contributed by atoms with Crippen LogP contribution in [0.15, 0.2) is 4.47 Å². The molecule has 1 fully saturated rings. The molecule has 0 bridgehead atoms. The van der Waals surface area contributed by atoms with Gasteiger partial charge in [-0.15, -0.1) is 0 Å². The van der Waals surface area contributed by atoms with Crippen LogP contribution in [0.1, 0.15) is 18.5 Å². The average Bonchev–Trinajstić information content (AvgIpc) is 2.75. The number of aromatic nitrogens is 2. The second-order valence-corrected chi connectivity index (χ2v) is 4.51. The molecule has 0 aromatic carbocycles. The van der Waals surface area contributed by atoms with Gasteiger partial charge in [-0.2, -0.15) is 4.98 Å². The lowest BCUT2D eigenvalue weighted by Gasteiger charge is -2.17. The fourth-order valence-corrected chi connectivity index (χ4v) is 2.14. The highest BCUT2D eigenvalue weighted by molar-refractivity contribution is 9.10. The van der Waals surface area contributed by atoms with Crippen molar-refractivity contribution in [2.45, 2.75) is 19.8 Å². The summed E-state index contributed by atoms with van der Waals surface area (Å²) in [6.07, 6.45) is 2.49. The highest BCUT2D eigenvalue weighted by atomic mass is 79.9. The molecule has 1 aliphatic heterocycles. The van der Waals surface area contributed by atoms with Crippen LogP contribution in [0.2, 0.25) is 0 Å². The third-order valence-electron chi connectivity index (χ3n) is 2.63. The molecule has 0 amide bonds. The van der Waals surface area contributed by atoms with Gasteiger partial charge in [-0.05, 0) is 35.7 Å². The number of halogens is 1. The van der Waals surface area contributed by atoms with Crippen LogP contribution in [0.25, 0.3) is 0 Å². The van der Waals surface area contributed by atoms with Crippen LogP contribution in [-0.4, -0.2) is 30.1 Å². The maximum atomic E-state index is 4.49.